The third-order valence-corrected chi connectivity index (χ3v) is 12.4. The number of para-hydroxylation sites is 1. The summed E-state index contributed by atoms with van der Waals surface area (Å²) in [6, 6.07) is 51.2. The van der Waals surface area contributed by atoms with E-state index in [2.05, 4.69) is 134 Å². The number of furan rings is 1. The SMILES string of the molecule is Cc1cc(-c2cccc3c2sc2ccccc23)ccc1-c1cccc2sc3c(CCc4ccc5oc6ccccc6c5c4)cccc3c12. The van der Waals surface area contributed by atoms with Crippen LogP contribution in [0.5, 0.6) is 0 Å². The number of thiophene rings is 2. The number of hydrogen-bond donors (Lipinski definition) is 0. The van der Waals surface area contributed by atoms with E-state index in [-0.39, 0.29) is 0 Å². The molecule has 3 heterocycles. The largest absolute Gasteiger partial charge is 0.456 e. The summed E-state index contributed by atoms with van der Waals surface area (Å²) in [5.74, 6) is 0. The molecule has 0 aliphatic rings. The monoisotopic (exact) mass is 650 g/mol. The number of benzene rings is 7. The summed E-state index contributed by atoms with van der Waals surface area (Å²) < 4.78 is 11.5. The fourth-order valence-electron chi connectivity index (χ4n) is 7.64. The highest BCUT2D eigenvalue weighted by molar-refractivity contribution is 7.26. The van der Waals surface area contributed by atoms with E-state index in [4.69, 9.17) is 4.42 Å². The normalized spacial score (nSPS) is 12.0. The van der Waals surface area contributed by atoms with Gasteiger partial charge in [-0.3, -0.25) is 0 Å². The molecular weight excluding hydrogens is 621 g/mol. The summed E-state index contributed by atoms with van der Waals surface area (Å²) in [6.07, 6.45) is 1.99. The Morgan fingerprint density at radius 2 is 1.21 bits per heavy atom. The molecule has 48 heavy (non-hydrogen) atoms. The standard InChI is InChI=1S/C45H30OS2/c1-27-25-30(32-12-7-14-36-34-11-3-5-17-41(34)47-45(32)36)22-23-31(27)35-13-8-18-42-43(35)37-15-6-9-29(44(37)48-42)21-19-28-20-24-40-38(26-28)33-10-2-4-16-39(33)46-40/h2-18,20,22-26H,19,21H2,1H3. The first-order valence-electron chi connectivity index (χ1n) is 16.5. The second-order valence-corrected chi connectivity index (χ2v) is 14.9. The maximum atomic E-state index is 6.08. The maximum absolute atomic E-state index is 6.08. The fraction of sp³-hybridized carbons (Fsp3) is 0.0667. The minimum absolute atomic E-state index is 0.953. The van der Waals surface area contributed by atoms with Gasteiger partial charge in [0.25, 0.3) is 0 Å². The minimum atomic E-state index is 0.953. The van der Waals surface area contributed by atoms with Gasteiger partial charge in [0.1, 0.15) is 11.2 Å². The highest BCUT2D eigenvalue weighted by Gasteiger charge is 2.16. The maximum Gasteiger partial charge on any atom is 0.135 e. The Balaban J connectivity index is 1.02. The molecule has 228 valence electrons. The first-order chi connectivity index (χ1) is 23.7. The van der Waals surface area contributed by atoms with Gasteiger partial charge < -0.3 is 4.42 Å². The van der Waals surface area contributed by atoms with Crippen molar-refractivity contribution in [3.05, 3.63) is 156 Å². The number of fused-ring (bicyclic) bond motifs is 9. The molecule has 10 aromatic rings. The summed E-state index contributed by atoms with van der Waals surface area (Å²) in [7, 11) is 0. The van der Waals surface area contributed by atoms with Crippen LogP contribution in [-0.2, 0) is 12.8 Å². The van der Waals surface area contributed by atoms with Gasteiger partial charge in [0, 0.05) is 51.1 Å². The zero-order valence-electron chi connectivity index (χ0n) is 26.4. The topological polar surface area (TPSA) is 13.1 Å². The van der Waals surface area contributed by atoms with Gasteiger partial charge >= 0.3 is 0 Å². The summed E-state index contributed by atoms with van der Waals surface area (Å²) in [4.78, 5) is 0. The van der Waals surface area contributed by atoms with Gasteiger partial charge in [-0.15, -0.1) is 22.7 Å². The summed E-state index contributed by atoms with van der Waals surface area (Å²) in [5.41, 5.74) is 11.2. The first-order valence-corrected chi connectivity index (χ1v) is 18.2. The van der Waals surface area contributed by atoms with Crippen LogP contribution < -0.4 is 0 Å². The molecule has 0 N–H and O–H groups in total. The predicted molar refractivity (Wildman–Crippen MR) is 209 cm³/mol. The quantitative estimate of drug-likeness (QED) is 0.181. The van der Waals surface area contributed by atoms with Crippen molar-refractivity contribution in [1.29, 1.82) is 0 Å². The molecule has 0 radical (unpaired) electrons. The lowest BCUT2D eigenvalue weighted by atomic mass is 9.92. The third-order valence-electron chi connectivity index (χ3n) is 9.96. The molecule has 0 atom stereocenters. The van der Waals surface area contributed by atoms with Crippen LogP contribution in [0.15, 0.2) is 144 Å². The molecule has 0 aliphatic heterocycles. The molecule has 3 heteroatoms. The van der Waals surface area contributed by atoms with E-state index in [1.165, 1.54) is 90.1 Å². The van der Waals surface area contributed by atoms with Crippen molar-refractivity contribution >= 4 is 85.0 Å². The van der Waals surface area contributed by atoms with Gasteiger partial charge in [-0.05, 0) is 89.0 Å². The molecule has 0 aliphatic carbocycles. The van der Waals surface area contributed by atoms with Gasteiger partial charge in [0.15, 0.2) is 0 Å². The zero-order valence-corrected chi connectivity index (χ0v) is 28.1. The molecule has 0 unspecified atom stereocenters. The summed E-state index contributed by atoms with van der Waals surface area (Å²) in [6.45, 7) is 2.27. The second-order valence-electron chi connectivity index (χ2n) is 12.8. The average Bonchev–Trinajstić information content (AvgIpc) is 3.82. The average molecular weight is 651 g/mol. The molecule has 7 aromatic carbocycles. The van der Waals surface area contributed by atoms with E-state index in [0.29, 0.717) is 0 Å². The van der Waals surface area contributed by atoms with Gasteiger partial charge in [-0.1, -0.05) is 109 Å². The first kappa shape index (κ1) is 27.9. The van der Waals surface area contributed by atoms with E-state index < -0.39 is 0 Å². The Kier molecular flexibility index (Phi) is 6.33. The van der Waals surface area contributed by atoms with Crippen LogP contribution in [-0.4, -0.2) is 0 Å². The van der Waals surface area contributed by atoms with Crippen LogP contribution >= 0.6 is 22.7 Å². The second kappa shape index (κ2) is 10.9. The zero-order chi connectivity index (χ0) is 31.8. The van der Waals surface area contributed by atoms with Crippen molar-refractivity contribution in [2.75, 3.05) is 0 Å². The van der Waals surface area contributed by atoms with Crippen LogP contribution in [0.2, 0.25) is 0 Å². The lowest BCUT2D eigenvalue weighted by Crippen LogP contribution is -1.91. The smallest absolute Gasteiger partial charge is 0.135 e. The van der Waals surface area contributed by atoms with Crippen LogP contribution in [0.3, 0.4) is 0 Å². The molecule has 0 spiro atoms. The van der Waals surface area contributed by atoms with Crippen LogP contribution in [0.4, 0.5) is 0 Å². The lowest BCUT2D eigenvalue weighted by Gasteiger charge is -2.12. The van der Waals surface area contributed by atoms with Crippen LogP contribution in [0.1, 0.15) is 16.7 Å². The van der Waals surface area contributed by atoms with Gasteiger partial charge in [0.05, 0.1) is 0 Å². The van der Waals surface area contributed by atoms with E-state index in [0.717, 1.165) is 24.0 Å². The number of rotatable bonds is 5. The molecule has 10 rings (SSSR count). The van der Waals surface area contributed by atoms with Crippen LogP contribution in [0, 0.1) is 6.92 Å². The number of aryl methyl sites for hydroxylation is 3. The van der Waals surface area contributed by atoms with Crippen molar-refractivity contribution in [2.45, 2.75) is 19.8 Å². The molecule has 1 nitrogen and oxygen atoms in total. The van der Waals surface area contributed by atoms with Crippen molar-refractivity contribution in [2.24, 2.45) is 0 Å². The Bertz CT molecular complexity index is 2860. The Morgan fingerprint density at radius 1 is 0.479 bits per heavy atom. The van der Waals surface area contributed by atoms with Crippen molar-refractivity contribution in [1.82, 2.24) is 0 Å². The minimum Gasteiger partial charge on any atom is -0.456 e. The van der Waals surface area contributed by atoms with Gasteiger partial charge in [-0.25, -0.2) is 0 Å². The highest BCUT2D eigenvalue weighted by atomic mass is 32.1. The number of hydrogen-bond acceptors (Lipinski definition) is 3. The molecular formula is C45H30OS2. The predicted octanol–water partition coefficient (Wildman–Crippen LogP) is 13.7. The molecule has 0 fully saturated rings. The van der Waals surface area contributed by atoms with E-state index in [9.17, 15) is 0 Å². The third kappa shape index (κ3) is 4.35. The summed E-state index contributed by atoms with van der Waals surface area (Å²) in [5, 5.41) is 7.81. The van der Waals surface area contributed by atoms with Gasteiger partial charge in [-0.2, -0.15) is 0 Å². The highest BCUT2D eigenvalue weighted by Crippen LogP contribution is 2.44. The molecule has 0 amide bonds. The summed E-state index contributed by atoms with van der Waals surface area (Å²) >= 11 is 3.83. The molecule has 0 saturated carbocycles. The van der Waals surface area contributed by atoms with E-state index in [1.807, 2.05) is 34.8 Å². The fourth-order valence-corrected chi connectivity index (χ4v) is 10.2. The van der Waals surface area contributed by atoms with E-state index in [1.54, 1.807) is 0 Å². The van der Waals surface area contributed by atoms with Crippen molar-refractivity contribution in [3.8, 4) is 22.3 Å². The van der Waals surface area contributed by atoms with Crippen molar-refractivity contribution in [3.63, 3.8) is 0 Å². The van der Waals surface area contributed by atoms with Crippen molar-refractivity contribution < 1.29 is 4.42 Å². The Labute approximate surface area is 286 Å². The van der Waals surface area contributed by atoms with Gasteiger partial charge in [0.2, 0.25) is 0 Å². The molecule has 0 saturated heterocycles. The Hall–Kier alpha value is -5.22. The molecule has 3 aromatic heterocycles. The van der Waals surface area contributed by atoms with Crippen LogP contribution in [0.25, 0.3) is 84.5 Å². The molecule has 0 bridgehead atoms. The Morgan fingerprint density at radius 3 is 2.15 bits per heavy atom. The van der Waals surface area contributed by atoms with E-state index >= 15 is 0 Å². The lowest BCUT2D eigenvalue weighted by molar-refractivity contribution is 0.668.